The number of hydrogen-bond acceptors (Lipinski definition) is 6. The number of hydrogen-bond donors (Lipinski definition) is 2. The zero-order valence-electron chi connectivity index (χ0n) is 11.6. The standard InChI is InChI=1S/C13H17F2NO5/c1-3-20-12(18)10(16)11(17)7-4-5-8(19-2)9(6-7)21-13(14)15/h4-6,10-11,13,17H,3,16H2,1-2H3. The van der Waals surface area contributed by atoms with E-state index in [-0.39, 0.29) is 23.7 Å². The van der Waals surface area contributed by atoms with Gasteiger partial charge in [-0.1, -0.05) is 6.07 Å². The van der Waals surface area contributed by atoms with E-state index in [2.05, 4.69) is 9.47 Å². The lowest BCUT2D eigenvalue weighted by Gasteiger charge is -2.19. The minimum atomic E-state index is -3.05. The number of ether oxygens (including phenoxy) is 3. The Labute approximate surface area is 120 Å². The van der Waals surface area contributed by atoms with Crippen LogP contribution >= 0.6 is 0 Å². The van der Waals surface area contributed by atoms with Crippen LogP contribution in [0.5, 0.6) is 11.5 Å². The van der Waals surface area contributed by atoms with Crippen LogP contribution < -0.4 is 15.2 Å². The molecular formula is C13H17F2NO5. The van der Waals surface area contributed by atoms with E-state index in [4.69, 9.17) is 10.5 Å². The molecule has 118 valence electrons. The molecule has 0 bridgehead atoms. The third kappa shape index (κ3) is 4.54. The summed E-state index contributed by atoms with van der Waals surface area (Å²) in [6.45, 7) is -1.34. The molecule has 0 amide bonds. The molecule has 6 nitrogen and oxygen atoms in total. The predicted octanol–water partition coefficient (Wildman–Crippen LogP) is 1.22. The molecule has 8 heteroatoms. The Bertz CT molecular complexity index is 484. The number of benzene rings is 1. The molecule has 2 atom stereocenters. The van der Waals surface area contributed by atoms with Gasteiger partial charge in [-0.3, -0.25) is 4.79 Å². The van der Waals surface area contributed by atoms with Gasteiger partial charge in [-0.25, -0.2) is 0 Å². The van der Waals surface area contributed by atoms with Crippen LogP contribution in [0.4, 0.5) is 8.78 Å². The molecule has 0 radical (unpaired) electrons. The van der Waals surface area contributed by atoms with Crippen molar-refractivity contribution < 1.29 is 32.9 Å². The maximum atomic E-state index is 12.3. The second-order valence-electron chi connectivity index (χ2n) is 4.01. The first-order valence-electron chi connectivity index (χ1n) is 6.13. The molecule has 21 heavy (non-hydrogen) atoms. The van der Waals surface area contributed by atoms with Crippen molar-refractivity contribution in [3.05, 3.63) is 23.8 Å². The first kappa shape index (κ1) is 17.1. The van der Waals surface area contributed by atoms with E-state index in [9.17, 15) is 18.7 Å². The lowest BCUT2D eigenvalue weighted by Crippen LogP contribution is -2.38. The van der Waals surface area contributed by atoms with Crippen molar-refractivity contribution in [3.8, 4) is 11.5 Å². The van der Waals surface area contributed by atoms with Crippen molar-refractivity contribution in [1.29, 1.82) is 0 Å². The number of alkyl halides is 2. The average Bonchev–Trinajstić information content (AvgIpc) is 2.45. The molecule has 2 unspecified atom stereocenters. The molecule has 0 heterocycles. The van der Waals surface area contributed by atoms with Gasteiger partial charge in [-0.15, -0.1) is 0 Å². The largest absolute Gasteiger partial charge is 0.493 e. The molecule has 0 spiro atoms. The molecule has 0 aliphatic rings. The summed E-state index contributed by atoms with van der Waals surface area (Å²) >= 11 is 0. The monoisotopic (exact) mass is 305 g/mol. The summed E-state index contributed by atoms with van der Waals surface area (Å²) in [5.41, 5.74) is 5.69. The Balaban J connectivity index is 2.99. The van der Waals surface area contributed by atoms with Gasteiger partial charge in [0.1, 0.15) is 12.1 Å². The SMILES string of the molecule is CCOC(=O)C(N)C(O)c1ccc(OC)c(OC(F)F)c1. The van der Waals surface area contributed by atoms with E-state index in [1.807, 2.05) is 0 Å². The lowest BCUT2D eigenvalue weighted by atomic mass is 10.0. The Hall–Kier alpha value is -1.93. The van der Waals surface area contributed by atoms with Gasteiger partial charge in [0.25, 0.3) is 0 Å². The highest BCUT2D eigenvalue weighted by molar-refractivity contribution is 5.76. The summed E-state index contributed by atoms with van der Waals surface area (Å²) in [5, 5.41) is 10.00. The van der Waals surface area contributed by atoms with Gasteiger partial charge < -0.3 is 25.1 Å². The zero-order valence-corrected chi connectivity index (χ0v) is 11.6. The fourth-order valence-corrected chi connectivity index (χ4v) is 1.64. The third-order valence-corrected chi connectivity index (χ3v) is 2.64. The van der Waals surface area contributed by atoms with E-state index in [1.54, 1.807) is 6.92 Å². The minimum absolute atomic E-state index is 0.0657. The van der Waals surface area contributed by atoms with Gasteiger partial charge >= 0.3 is 12.6 Å². The molecule has 0 fully saturated rings. The molecule has 0 aliphatic carbocycles. The number of aliphatic hydroxyl groups is 1. The average molecular weight is 305 g/mol. The summed E-state index contributed by atoms with van der Waals surface area (Å²) in [6, 6.07) is 2.52. The van der Waals surface area contributed by atoms with Gasteiger partial charge in [0, 0.05) is 0 Å². The minimum Gasteiger partial charge on any atom is -0.493 e. The quantitative estimate of drug-likeness (QED) is 0.736. The van der Waals surface area contributed by atoms with Crippen LogP contribution in [0.2, 0.25) is 0 Å². The molecular weight excluding hydrogens is 288 g/mol. The fraction of sp³-hybridized carbons (Fsp3) is 0.462. The summed E-state index contributed by atoms with van der Waals surface area (Å²) in [7, 11) is 1.29. The first-order valence-corrected chi connectivity index (χ1v) is 6.13. The summed E-state index contributed by atoms with van der Waals surface area (Å²) < 4.78 is 38.5. The molecule has 1 aromatic rings. The molecule has 1 rings (SSSR count). The van der Waals surface area contributed by atoms with Crippen molar-refractivity contribution in [2.24, 2.45) is 5.73 Å². The number of esters is 1. The van der Waals surface area contributed by atoms with Crippen molar-refractivity contribution in [1.82, 2.24) is 0 Å². The molecule has 1 aromatic carbocycles. The molecule has 3 N–H and O–H groups in total. The second-order valence-corrected chi connectivity index (χ2v) is 4.01. The Morgan fingerprint density at radius 1 is 1.38 bits per heavy atom. The normalized spacial score (nSPS) is 13.7. The van der Waals surface area contributed by atoms with Crippen molar-refractivity contribution >= 4 is 5.97 Å². The van der Waals surface area contributed by atoms with Crippen molar-refractivity contribution in [2.45, 2.75) is 25.7 Å². The number of nitrogens with two attached hydrogens (primary N) is 1. The topological polar surface area (TPSA) is 91.0 Å². The number of methoxy groups -OCH3 is 1. The van der Waals surface area contributed by atoms with Crippen LogP contribution in [0.25, 0.3) is 0 Å². The second kappa shape index (κ2) is 7.75. The Morgan fingerprint density at radius 3 is 2.57 bits per heavy atom. The lowest BCUT2D eigenvalue weighted by molar-refractivity contribution is -0.147. The van der Waals surface area contributed by atoms with Gasteiger partial charge in [0.15, 0.2) is 11.5 Å². The van der Waals surface area contributed by atoms with E-state index >= 15 is 0 Å². The molecule has 0 saturated heterocycles. The predicted molar refractivity (Wildman–Crippen MR) is 69.2 cm³/mol. The Kier molecular flexibility index (Phi) is 6.32. The van der Waals surface area contributed by atoms with Crippen LogP contribution in [-0.4, -0.2) is 37.4 Å². The Morgan fingerprint density at radius 2 is 2.05 bits per heavy atom. The number of carbonyl (C=O) groups excluding carboxylic acids is 1. The van der Waals surface area contributed by atoms with E-state index in [0.29, 0.717) is 0 Å². The van der Waals surface area contributed by atoms with E-state index in [0.717, 1.165) is 6.07 Å². The zero-order chi connectivity index (χ0) is 16.0. The molecule has 0 aromatic heterocycles. The number of rotatable bonds is 7. The van der Waals surface area contributed by atoms with Crippen molar-refractivity contribution in [3.63, 3.8) is 0 Å². The van der Waals surface area contributed by atoms with Crippen LogP contribution in [0.1, 0.15) is 18.6 Å². The van der Waals surface area contributed by atoms with Crippen molar-refractivity contribution in [2.75, 3.05) is 13.7 Å². The fourth-order valence-electron chi connectivity index (χ4n) is 1.64. The van der Waals surface area contributed by atoms with Gasteiger partial charge in [0.2, 0.25) is 0 Å². The van der Waals surface area contributed by atoms with Gasteiger partial charge in [-0.05, 0) is 24.6 Å². The number of halogens is 2. The van der Waals surface area contributed by atoms with Crippen LogP contribution in [0, 0.1) is 0 Å². The van der Waals surface area contributed by atoms with Gasteiger partial charge in [0.05, 0.1) is 13.7 Å². The van der Waals surface area contributed by atoms with E-state index in [1.165, 1.54) is 19.2 Å². The van der Waals surface area contributed by atoms with Crippen LogP contribution in [0.3, 0.4) is 0 Å². The highest BCUT2D eigenvalue weighted by atomic mass is 19.3. The van der Waals surface area contributed by atoms with Crippen LogP contribution in [0.15, 0.2) is 18.2 Å². The summed E-state index contributed by atoms with van der Waals surface area (Å²) in [6.07, 6.45) is -1.42. The maximum absolute atomic E-state index is 12.3. The van der Waals surface area contributed by atoms with E-state index < -0.39 is 24.7 Å². The summed E-state index contributed by atoms with van der Waals surface area (Å²) in [4.78, 5) is 11.5. The highest BCUT2D eigenvalue weighted by Gasteiger charge is 2.26. The third-order valence-electron chi connectivity index (χ3n) is 2.64. The number of carbonyl (C=O) groups is 1. The molecule has 0 saturated carbocycles. The smallest absolute Gasteiger partial charge is 0.387 e. The number of aliphatic hydroxyl groups excluding tert-OH is 1. The first-order chi connectivity index (χ1) is 9.90. The highest BCUT2D eigenvalue weighted by Crippen LogP contribution is 2.32. The maximum Gasteiger partial charge on any atom is 0.387 e. The molecule has 0 aliphatic heterocycles. The summed E-state index contributed by atoms with van der Waals surface area (Å²) in [5.74, 6) is -0.992. The van der Waals surface area contributed by atoms with Gasteiger partial charge in [-0.2, -0.15) is 8.78 Å². The van der Waals surface area contributed by atoms with Crippen LogP contribution in [-0.2, 0) is 9.53 Å².